The Morgan fingerprint density at radius 1 is 1.29 bits per heavy atom. The minimum atomic E-state index is -0.505. The first-order valence-electron chi connectivity index (χ1n) is 6.89. The molecular weight excluding hydrogens is 311 g/mol. The molecular formula is C15H20Cl2N2O2. The van der Waals surface area contributed by atoms with Crippen LogP contribution in [-0.2, 0) is 16.1 Å². The number of halogens is 2. The normalized spacial score (nSPS) is 11.9. The van der Waals surface area contributed by atoms with Crippen molar-refractivity contribution < 1.29 is 9.59 Å². The molecule has 21 heavy (non-hydrogen) atoms. The molecule has 0 spiro atoms. The summed E-state index contributed by atoms with van der Waals surface area (Å²) in [5, 5.41) is 3.62. The summed E-state index contributed by atoms with van der Waals surface area (Å²) >= 11 is 12.0. The van der Waals surface area contributed by atoms with Crippen molar-refractivity contribution in [2.24, 2.45) is 0 Å². The van der Waals surface area contributed by atoms with E-state index in [0.29, 0.717) is 22.9 Å². The van der Waals surface area contributed by atoms with E-state index >= 15 is 0 Å². The first-order chi connectivity index (χ1) is 9.94. The van der Waals surface area contributed by atoms with Crippen LogP contribution in [0.2, 0.25) is 10.0 Å². The van der Waals surface area contributed by atoms with E-state index in [1.165, 1.54) is 0 Å². The third-order valence-corrected chi connectivity index (χ3v) is 3.88. The average Bonchev–Trinajstić information content (AvgIpc) is 2.47. The second kappa shape index (κ2) is 8.25. The van der Waals surface area contributed by atoms with Crippen LogP contribution in [0.1, 0.15) is 32.3 Å². The minimum absolute atomic E-state index is 0.0866. The first-order valence-corrected chi connectivity index (χ1v) is 7.65. The second-order valence-corrected chi connectivity index (χ2v) is 5.49. The maximum Gasteiger partial charge on any atom is 0.242 e. The number of hydrogen-bond acceptors (Lipinski definition) is 2. The lowest BCUT2D eigenvalue weighted by Crippen LogP contribution is -2.48. The second-order valence-electron chi connectivity index (χ2n) is 4.65. The number of benzene rings is 1. The first kappa shape index (κ1) is 17.8. The van der Waals surface area contributed by atoms with Crippen molar-refractivity contribution in [2.75, 3.05) is 7.05 Å². The van der Waals surface area contributed by atoms with Crippen molar-refractivity contribution >= 4 is 35.0 Å². The highest BCUT2D eigenvalue weighted by atomic mass is 35.5. The molecule has 0 fully saturated rings. The predicted molar refractivity (Wildman–Crippen MR) is 85.4 cm³/mol. The lowest BCUT2D eigenvalue weighted by Gasteiger charge is -2.30. The van der Waals surface area contributed by atoms with Gasteiger partial charge >= 0.3 is 0 Å². The van der Waals surface area contributed by atoms with Gasteiger partial charge in [-0.3, -0.25) is 9.59 Å². The van der Waals surface area contributed by atoms with Crippen LogP contribution in [0.5, 0.6) is 0 Å². The van der Waals surface area contributed by atoms with Gasteiger partial charge < -0.3 is 10.2 Å². The molecule has 116 valence electrons. The number of hydrogen-bond donors (Lipinski definition) is 1. The van der Waals surface area contributed by atoms with Gasteiger partial charge in [-0.1, -0.05) is 43.1 Å². The summed E-state index contributed by atoms with van der Waals surface area (Å²) in [6.07, 6.45) is 0.870. The van der Waals surface area contributed by atoms with Crippen LogP contribution in [0.25, 0.3) is 0 Å². The Labute approximate surface area is 135 Å². The molecule has 1 N–H and O–H groups in total. The molecule has 2 amide bonds. The Bertz CT molecular complexity index is 520. The van der Waals surface area contributed by atoms with Gasteiger partial charge in [0.05, 0.1) is 0 Å². The van der Waals surface area contributed by atoms with Gasteiger partial charge in [0.1, 0.15) is 6.04 Å². The molecule has 1 aromatic rings. The number of amides is 2. The maximum absolute atomic E-state index is 12.2. The van der Waals surface area contributed by atoms with Gasteiger partial charge in [-0.25, -0.2) is 0 Å². The van der Waals surface area contributed by atoms with Crippen LogP contribution >= 0.6 is 23.2 Å². The van der Waals surface area contributed by atoms with Gasteiger partial charge in [-0.2, -0.15) is 0 Å². The molecule has 1 aromatic carbocycles. The van der Waals surface area contributed by atoms with E-state index in [-0.39, 0.29) is 18.4 Å². The Hall–Kier alpha value is -1.26. The van der Waals surface area contributed by atoms with Gasteiger partial charge in [0.15, 0.2) is 0 Å². The fourth-order valence-corrected chi connectivity index (χ4v) is 2.59. The Morgan fingerprint density at radius 2 is 1.95 bits per heavy atom. The van der Waals surface area contributed by atoms with Crippen molar-refractivity contribution in [1.82, 2.24) is 10.2 Å². The zero-order valence-electron chi connectivity index (χ0n) is 12.5. The predicted octanol–water partition coefficient (Wildman–Crippen LogP) is 3.26. The zero-order chi connectivity index (χ0) is 16.0. The fraction of sp³-hybridized carbons (Fsp3) is 0.467. The van der Waals surface area contributed by atoms with Gasteiger partial charge in [-0.15, -0.1) is 0 Å². The van der Waals surface area contributed by atoms with Crippen LogP contribution in [0.4, 0.5) is 0 Å². The van der Waals surface area contributed by atoms with Gasteiger partial charge in [0.2, 0.25) is 11.8 Å². The van der Waals surface area contributed by atoms with E-state index in [0.717, 1.165) is 5.56 Å². The number of likely N-dealkylation sites (N-methyl/N-ethyl adjacent to an activating group) is 1. The SMILES string of the molecule is CCC(=O)N(Cc1ccc(Cl)cc1Cl)[C@H](CC)C(=O)NC. The summed E-state index contributed by atoms with van der Waals surface area (Å²) in [4.78, 5) is 25.7. The molecule has 0 aliphatic heterocycles. The molecule has 0 unspecified atom stereocenters. The van der Waals surface area contributed by atoms with Crippen molar-refractivity contribution in [2.45, 2.75) is 39.3 Å². The topological polar surface area (TPSA) is 49.4 Å². The number of rotatable bonds is 6. The number of nitrogens with one attached hydrogen (secondary N) is 1. The highest BCUT2D eigenvalue weighted by molar-refractivity contribution is 6.35. The Balaban J connectivity index is 3.08. The summed E-state index contributed by atoms with van der Waals surface area (Å²) in [5.41, 5.74) is 0.769. The molecule has 6 heteroatoms. The zero-order valence-corrected chi connectivity index (χ0v) is 14.0. The summed E-state index contributed by atoms with van der Waals surface area (Å²) in [5.74, 6) is -0.263. The van der Waals surface area contributed by atoms with Crippen LogP contribution in [-0.4, -0.2) is 29.8 Å². The van der Waals surface area contributed by atoms with E-state index < -0.39 is 6.04 Å². The highest BCUT2D eigenvalue weighted by Crippen LogP contribution is 2.23. The third kappa shape index (κ3) is 4.61. The van der Waals surface area contributed by atoms with Gasteiger partial charge in [-0.05, 0) is 24.1 Å². The molecule has 0 aliphatic rings. The lowest BCUT2D eigenvalue weighted by atomic mass is 10.1. The number of nitrogens with zero attached hydrogens (tertiary/aromatic N) is 1. The van der Waals surface area contributed by atoms with Crippen molar-refractivity contribution in [3.63, 3.8) is 0 Å². The van der Waals surface area contributed by atoms with Crippen LogP contribution in [0.3, 0.4) is 0 Å². The molecule has 0 heterocycles. The van der Waals surface area contributed by atoms with Gasteiger partial charge in [0, 0.05) is 30.1 Å². The lowest BCUT2D eigenvalue weighted by molar-refractivity contribution is -0.141. The Kier molecular flexibility index (Phi) is 6.99. The molecule has 4 nitrogen and oxygen atoms in total. The quantitative estimate of drug-likeness (QED) is 0.870. The van der Waals surface area contributed by atoms with Crippen molar-refractivity contribution in [3.05, 3.63) is 33.8 Å². The van der Waals surface area contributed by atoms with Gasteiger partial charge in [0.25, 0.3) is 0 Å². The molecule has 0 saturated heterocycles. The van der Waals surface area contributed by atoms with E-state index in [9.17, 15) is 9.59 Å². The molecule has 0 aromatic heterocycles. The molecule has 0 bridgehead atoms. The molecule has 1 atom stereocenters. The average molecular weight is 331 g/mol. The molecule has 0 radical (unpaired) electrons. The van der Waals surface area contributed by atoms with Crippen molar-refractivity contribution in [1.29, 1.82) is 0 Å². The van der Waals surface area contributed by atoms with Crippen molar-refractivity contribution in [3.8, 4) is 0 Å². The third-order valence-electron chi connectivity index (χ3n) is 3.29. The standard InChI is InChI=1S/C15H20Cl2N2O2/c1-4-13(15(21)18-3)19(14(20)5-2)9-10-6-7-11(16)8-12(10)17/h6-8,13H,4-5,9H2,1-3H3,(H,18,21)/t13-/m1/s1. The number of carbonyl (C=O) groups is 2. The van der Waals surface area contributed by atoms with E-state index in [4.69, 9.17) is 23.2 Å². The molecule has 0 aliphatic carbocycles. The summed E-state index contributed by atoms with van der Waals surface area (Å²) in [6.45, 7) is 3.93. The molecule has 0 saturated carbocycles. The summed E-state index contributed by atoms with van der Waals surface area (Å²) < 4.78 is 0. The number of carbonyl (C=O) groups excluding carboxylic acids is 2. The van der Waals surface area contributed by atoms with E-state index in [1.54, 1.807) is 37.1 Å². The largest absolute Gasteiger partial charge is 0.357 e. The smallest absolute Gasteiger partial charge is 0.242 e. The van der Waals surface area contributed by atoms with Crippen LogP contribution < -0.4 is 5.32 Å². The molecule has 1 rings (SSSR count). The summed E-state index contributed by atoms with van der Waals surface area (Å²) in [7, 11) is 1.56. The van der Waals surface area contributed by atoms with Crippen LogP contribution in [0.15, 0.2) is 18.2 Å². The fourth-order valence-electron chi connectivity index (χ4n) is 2.12. The summed E-state index contributed by atoms with van der Waals surface area (Å²) in [6, 6.07) is 4.62. The minimum Gasteiger partial charge on any atom is -0.357 e. The Morgan fingerprint density at radius 3 is 2.43 bits per heavy atom. The highest BCUT2D eigenvalue weighted by Gasteiger charge is 2.27. The van der Waals surface area contributed by atoms with E-state index in [1.807, 2.05) is 6.92 Å². The maximum atomic E-state index is 12.2. The van der Waals surface area contributed by atoms with E-state index in [2.05, 4.69) is 5.32 Å². The monoisotopic (exact) mass is 330 g/mol. The van der Waals surface area contributed by atoms with Crippen LogP contribution in [0, 0.1) is 0 Å².